The summed E-state index contributed by atoms with van der Waals surface area (Å²) in [7, 11) is 0. The second-order valence-electron chi connectivity index (χ2n) is 5.88. The minimum absolute atomic E-state index is 0.00651. The topological polar surface area (TPSA) is 66.5 Å². The lowest BCUT2D eigenvalue weighted by Gasteiger charge is -2.26. The molecule has 1 amide bonds. The molecule has 0 spiro atoms. The maximum Gasteiger partial charge on any atom is 0.225 e. The molecule has 6 heteroatoms. The van der Waals surface area contributed by atoms with Gasteiger partial charge in [0, 0.05) is 50.7 Å². The van der Waals surface area contributed by atoms with Gasteiger partial charge in [-0.25, -0.2) is 0 Å². The first-order chi connectivity index (χ1) is 11.8. The second-order valence-corrected chi connectivity index (χ2v) is 5.88. The summed E-state index contributed by atoms with van der Waals surface area (Å²) in [5.74, 6) is 0.00651. The van der Waals surface area contributed by atoms with Crippen molar-refractivity contribution < 1.29 is 9.53 Å². The summed E-state index contributed by atoms with van der Waals surface area (Å²) in [6, 6.07) is 9.70. The third-order valence-electron chi connectivity index (χ3n) is 4.14. The highest BCUT2D eigenvalue weighted by molar-refractivity contribution is 6.00. The molecule has 24 heavy (non-hydrogen) atoms. The van der Waals surface area contributed by atoms with Crippen LogP contribution in [0.4, 0.5) is 5.69 Å². The molecule has 0 unspecified atom stereocenters. The standard InChI is InChI=1S/C18H24N4O2/c23-17(6-8-19-9-10-22-11-13-24-14-12-22)21-16-5-1-3-15-4-2-7-20-18(15)16/h1-5,7,19H,6,8-14H2,(H,21,23). The van der Waals surface area contributed by atoms with Gasteiger partial charge in [0.2, 0.25) is 5.91 Å². The number of fused-ring (bicyclic) bond motifs is 1. The van der Waals surface area contributed by atoms with E-state index in [1.54, 1.807) is 6.20 Å². The molecule has 3 rings (SSSR count). The third kappa shape index (κ3) is 4.74. The predicted octanol–water partition coefficient (Wildman–Crippen LogP) is 1.49. The fourth-order valence-corrected chi connectivity index (χ4v) is 2.81. The number of ether oxygens (including phenoxy) is 1. The molecule has 1 fully saturated rings. The van der Waals surface area contributed by atoms with Crippen molar-refractivity contribution in [2.24, 2.45) is 0 Å². The van der Waals surface area contributed by atoms with E-state index in [2.05, 4.69) is 20.5 Å². The van der Waals surface area contributed by atoms with Crippen molar-refractivity contribution in [3.8, 4) is 0 Å². The van der Waals surface area contributed by atoms with Crippen LogP contribution in [0.15, 0.2) is 36.5 Å². The summed E-state index contributed by atoms with van der Waals surface area (Å²) < 4.78 is 5.33. The quantitative estimate of drug-likeness (QED) is 0.754. The fourth-order valence-electron chi connectivity index (χ4n) is 2.81. The van der Waals surface area contributed by atoms with E-state index >= 15 is 0 Å². The molecule has 1 aliphatic rings. The lowest BCUT2D eigenvalue weighted by atomic mass is 10.2. The number of morpholine rings is 1. The van der Waals surface area contributed by atoms with Crippen LogP contribution in [-0.4, -0.2) is 61.7 Å². The van der Waals surface area contributed by atoms with E-state index in [-0.39, 0.29) is 5.91 Å². The van der Waals surface area contributed by atoms with Gasteiger partial charge in [-0.2, -0.15) is 0 Å². The Labute approximate surface area is 142 Å². The molecule has 128 valence electrons. The third-order valence-corrected chi connectivity index (χ3v) is 4.14. The number of hydrogen-bond acceptors (Lipinski definition) is 5. The zero-order valence-electron chi connectivity index (χ0n) is 13.8. The molecule has 0 atom stereocenters. The smallest absolute Gasteiger partial charge is 0.225 e. The number of nitrogens with one attached hydrogen (secondary N) is 2. The Morgan fingerprint density at radius 1 is 1.17 bits per heavy atom. The van der Waals surface area contributed by atoms with Crippen molar-refractivity contribution in [2.75, 3.05) is 51.3 Å². The van der Waals surface area contributed by atoms with Crippen molar-refractivity contribution in [1.29, 1.82) is 0 Å². The zero-order chi connectivity index (χ0) is 16.6. The van der Waals surface area contributed by atoms with Gasteiger partial charge in [0.1, 0.15) is 0 Å². The molecule has 1 saturated heterocycles. The highest BCUT2D eigenvalue weighted by atomic mass is 16.5. The van der Waals surface area contributed by atoms with Crippen LogP contribution in [0, 0.1) is 0 Å². The molecule has 0 aliphatic carbocycles. The number of aromatic nitrogens is 1. The summed E-state index contributed by atoms with van der Waals surface area (Å²) in [4.78, 5) is 18.8. The Morgan fingerprint density at radius 2 is 2.00 bits per heavy atom. The second kappa shape index (κ2) is 8.73. The number of benzene rings is 1. The van der Waals surface area contributed by atoms with Gasteiger partial charge in [0.15, 0.2) is 0 Å². The molecule has 1 aromatic heterocycles. The van der Waals surface area contributed by atoms with Crippen molar-refractivity contribution >= 4 is 22.5 Å². The van der Waals surface area contributed by atoms with E-state index in [4.69, 9.17) is 4.74 Å². The number of carbonyl (C=O) groups excluding carboxylic acids is 1. The molecular formula is C18H24N4O2. The first-order valence-corrected chi connectivity index (χ1v) is 8.47. The Morgan fingerprint density at radius 3 is 2.88 bits per heavy atom. The van der Waals surface area contributed by atoms with Crippen molar-refractivity contribution in [3.63, 3.8) is 0 Å². The van der Waals surface area contributed by atoms with Crippen molar-refractivity contribution in [1.82, 2.24) is 15.2 Å². The maximum absolute atomic E-state index is 12.1. The number of hydrogen-bond donors (Lipinski definition) is 2. The summed E-state index contributed by atoms with van der Waals surface area (Å²) in [6.45, 7) is 6.20. The monoisotopic (exact) mass is 328 g/mol. The largest absolute Gasteiger partial charge is 0.379 e. The number of amides is 1. The van der Waals surface area contributed by atoms with E-state index in [1.807, 2.05) is 30.3 Å². The molecule has 6 nitrogen and oxygen atoms in total. The lowest BCUT2D eigenvalue weighted by molar-refractivity contribution is -0.116. The zero-order valence-corrected chi connectivity index (χ0v) is 13.8. The first kappa shape index (κ1) is 16.8. The Bertz CT molecular complexity index is 666. The van der Waals surface area contributed by atoms with Crippen LogP contribution in [0.5, 0.6) is 0 Å². The molecule has 2 N–H and O–H groups in total. The maximum atomic E-state index is 12.1. The summed E-state index contributed by atoms with van der Waals surface area (Å²) >= 11 is 0. The van der Waals surface area contributed by atoms with Crippen LogP contribution in [0.3, 0.4) is 0 Å². The van der Waals surface area contributed by atoms with Crippen LogP contribution in [0.25, 0.3) is 10.9 Å². The molecule has 0 bridgehead atoms. The molecule has 1 aromatic carbocycles. The number of pyridine rings is 1. The molecule has 0 saturated carbocycles. The number of anilines is 1. The van der Waals surface area contributed by atoms with Crippen LogP contribution in [0.2, 0.25) is 0 Å². The minimum atomic E-state index is 0.00651. The fraction of sp³-hybridized carbons (Fsp3) is 0.444. The highest BCUT2D eigenvalue weighted by Crippen LogP contribution is 2.20. The SMILES string of the molecule is O=C(CCNCCN1CCOCC1)Nc1cccc2cccnc12. The molecule has 0 radical (unpaired) electrons. The first-order valence-electron chi connectivity index (χ1n) is 8.47. The van der Waals surface area contributed by atoms with Crippen LogP contribution >= 0.6 is 0 Å². The van der Waals surface area contributed by atoms with Gasteiger partial charge < -0.3 is 15.4 Å². The van der Waals surface area contributed by atoms with Crippen LogP contribution < -0.4 is 10.6 Å². The number of para-hydroxylation sites is 1. The van der Waals surface area contributed by atoms with Gasteiger partial charge in [-0.1, -0.05) is 18.2 Å². The molecule has 1 aliphatic heterocycles. The average molecular weight is 328 g/mol. The Balaban J connectivity index is 1.39. The van der Waals surface area contributed by atoms with E-state index in [0.29, 0.717) is 13.0 Å². The van der Waals surface area contributed by atoms with Gasteiger partial charge in [-0.15, -0.1) is 0 Å². The lowest BCUT2D eigenvalue weighted by Crippen LogP contribution is -2.40. The predicted molar refractivity (Wildman–Crippen MR) is 95.1 cm³/mol. The van der Waals surface area contributed by atoms with Crippen molar-refractivity contribution in [3.05, 3.63) is 36.5 Å². The summed E-state index contributed by atoms with van der Waals surface area (Å²) in [5.41, 5.74) is 1.60. The Kier molecular flexibility index (Phi) is 6.12. The Hall–Kier alpha value is -2.02. The van der Waals surface area contributed by atoms with Gasteiger partial charge >= 0.3 is 0 Å². The van der Waals surface area contributed by atoms with Gasteiger partial charge in [0.25, 0.3) is 0 Å². The van der Waals surface area contributed by atoms with Gasteiger partial charge in [-0.05, 0) is 12.1 Å². The van der Waals surface area contributed by atoms with Crippen LogP contribution in [0.1, 0.15) is 6.42 Å². The molecule has 2 heterocycles. The normalized spacial score (nSPS) is 15.5. The minimum Gasteiger partial charge on any atom is -0.379 e. The molecule has 2 aromatic rings. The van der Waals surface area contributed by atoms with Crippen molar-refractivity contribution in [2.45, 2.75) is 6.42 Å². The average Bonchev–Trinajstić information content (AvgIpc) is 2.63. The van der Waals surface area contributed by atoms with E-state index in [1.165, 1.54) is 0 Å². The number of carbonyl (C=O) groups is 1. The van der Waals surface area contributed by atoms with Crippen LogP contribution in [-0.2, 0) is 9.53 Å². The van der Waals surface area contributed by atoms with E-state index in [9.17, 15) is 4.79 Å². The summed E-state index contributed by atoms with van der Waals surface area (Å²) in [5, 5.41) is 7.31. The number of rotatable bonds is 7. The summed E-state index contributed by atoms with van der Waals surface area (Å²) in [6.07, 6.45) is 2.19. The van der Waals surface area contributed by atoms with Gasteiger partial charge in [0.05, 0.1) is 24.4 Å². The van der Waals surface area contributed by atoms with E-state index < -0.39 is 0 Å². The molecular weight excluding hydrogens is 304 g/mol. The number of nitrogens with zero attached hydrogens (tertiary/aromatic N) is 2. The van der Waals surface area contributed by atoms with E-state index in [0.717, 1.165) is 56.0 Å². The highest BCUT2D eigenvalue weighted by Gasteiger charge is 2.09. The van der Waals surface area contributed by atoms with Gasteiger partial charge in [-0.3, -0.25) is 14.7 Å².